The molecule has 1 aromatic heterocycles. The number of hydrogen-bond donors (Lipinski definition) is 2. The van der Waals surface area contributed by atoms with E-state index in [2.05, 4.69) is 15.6 Å². The Bertz CT molecular complexity index is 586. The number of benzene rings is 1. The highest BCUT2D eigenvalue weighted by atomic mass is 19.1. The monoisotopic (exact) mass is 259 g/mol. The van der Waals surface area contributed by atoms with E-state index in [1.54, 1.807) is 12.1 Å². The molecule has 0 saturated heterocycles. The van der Waals surface area contributed by atoms with E-state index in [-0.39, 0.29) is 11.7 Å². The number of carbonyl (C=O) groups excluding carboxylic acids is 1. The first-order chi connectivity index (χ1) is 9.20. The summed E-state index contributed by atoms with van der Waals surface area (Å²) in [5.74, 6) is -0.760. The number of carbonyl (C=O) groups is 1. The number of rotatable bonds is 4. The van der Waals surface area contributed by atoms with E-state index < -0.39 is 5.95 Å². The van der Waals surface area contributed by atoms with Crippen molar-refractivity contribution < 1.29 is 9.18 Å². The second-order valence-electron chi connectivity index (χ2n) is 3.88. The molecule has 0 radical (unpaired) electrons. The molecule has 5 heteroatoms. The Labute approximate surface area is 110 Å². The van der Waals surface area contributed by atoms with Gasteiger partial charge in [-0.05, 0) is 31.2 Å². The van der Waals surface area contributed by atoms with Crippen LogP contribution in [0.4, 0.5) is 15.9 Å². The summed E-state index contributed by atoms with van der Waals surface area (Å²) in [6.07, 6.45) is 0. The lowest BCUT2D eigenvalue weighted by Crippen LogP contribution is -2.15. The quantitative estimate of drug-likeness (QED) is 0.830. The molecular formula is C14H14FN3O. The van der Waals surface area contributed by atoms with Crippen LogP contribution in [0.25, 0.3) is 0 Å². The third-order valence-electron chi connectivity index (χ3n) is 2.50. The molecule has 2 aromatic rings. The Morgan fingerprint density at radius 3 is 2.74 bits per heavy atom. The van der Waals surface area contributed by atoms with Gasteiger partial charge in [-0.1, -0.05) is 18.2 Å². The van der Waals surface area contributed by atoms with E-state index in [0.29, 0.717) is 12.1 Å². The molecule has 98 valence electrons. The number of pyridine rings is 1. The van der Waals surface area contributed by atoms with Crippen molar-refractivity contribution in [2.24, 2.45) is 0 Å². The minimum Gasteiger partial charge on any atom is -0.385 e. The minimum absolute atomic E-state index is 0.191. The van der Waals surface area contributed by atoms with Gasteiger partial charge >= 0.3 is 0 Å². The van der Waals surface area contributed by atoms with Crippen LogP contribution in [-0.2, 0) is 0 Å². The third kappa shape index (κ3) is 3.28. The van der Waals surface area contributed by atoms with Gasteiger partial charge in [-0.2, -0.15) is 4.39 Å². The fourth-order valence-corrected chi connectivity index (χ4v) is 1.69. The van der Waals surface area contributed by atoms with Crippen LogP contribution in [0.5, 0.6) is 0 Å². The van der Waals surface area contributed by atoms with Crippen LogP contribution >= 0.6 is 0 Å². The Hall–Kier alpha value is -2.43. The predicted molar refractivity (Wildman–Crippen MR) is 72.8 cm³/mol. The summed E-state index contributed by atoms with van der Waals surface area (Å²) in [6.45, 7) is 2.66. The molecule has 1 heterocycles. The molecule has 0 bridgehead atoms. The van der Waals surface area contributed by atoms with E-state index in [1.165, 1.54) is 18.2 Å². The van der Waals surface area contributed by atoms with Crippen molar-refractivity contribution in [3.63, 3.8) is 0 Å². The number of nitrogens with zero attached hydrogens (tertiary/aromatic N) is 1. The fraction of sp³-hybridized carbons (Fsp3) is 0.143. The summed E-state index contributed by atoms with van der Waals surface area (Å²) >= 11 is 0. The van der Waals surface area contributed by atoms with E-state index in [1.807, 2.05) is 19.1 Å². The molecule has 19 heavy (non-hydrogen) atoms. The molecule has 0 aliphatic rings. The maximum atomic E-state index is 12.9. The first kappa shape index (κ1) is 13.0. The summed E-state index contributed by atoms with van der Waals surface area (Å²) in [6, 6.07) is 11.4. The van der Waals surface area contributed by atoms with Gasteiger partial charge in [-0.25, -0.2) is 4.98 Å². The van der Waals surface area contributed by atoms with Gasteiger partial charge in [0.1, 0.15) is 5.82 Å². The summed E-state index contributed by atoms with van der Waals surface area (Å²) in [4.78, 5) is 15.7. The van der Waals surface area contributed by atoms with Crippen molar-refractivity contribution >= 4 is 17.4 Å². The molecular weight excluding hydrogens is 245 g/mol. The SMILES string of the molecule is CCNc1ccccc1C(=O)Nc1cccc(F)n1. The highest BCUT2D eigenvalue weighted by Crippen LogP contribution is 2.16. The van der Waals surface area contributed by atoms with Gasteiger partial charge in [0.15, 0.2) is 0 Å². The zero-order valence-corrected chi connectivity index (χ0v) is 10.5. The molecule has 0 spiro atoms. The Morgan fingerprint density at radius 1 is 1.21 bits per heavy atom. The molecule has 0 saturated carbocycles. The Morgan fingerprint density at radius 2 is 2.00 bits per heavy atom. The number of aromatic nitrogens is 1. The Balaban J connectivity index is 2.20. The zero-order chi connectivity index (χ0) is 13.7. The van der Waals surface area contributed by atoms with Gasteiger partial charge in [0.2, 0.25) is 5.95 Å². The topological polar surface area (TPSA) is 54.0 Å². The van der Waals surface area contributed by atoms with Gasteiger partial charge in [-0.3, -0.25) is 4.79 Å². The summed E-state index contributed by atoms with van der Waals surface area (Å²) < 4.78 is 12.9. The smallest absolute Gasteiger partial charge is 0.258 e. The third-order valence-corrected chi connectivity index (χ3v) is 2.50. The van der Waals surface area contributed by atoms with Gasteiger partial charge < -0.3 is 10.6 Å². The lowest BCUT2D eigenvalue weighted by Gasteiger charge is -2.10. The predicted octanol–water partition coefficient (Wildman–Crippen LogP) is 2.90. The first-order valence-corrected chi connectivity index (χ1v) is 5.97. The standard InChI is InChI=1S/C14H14FN3O/c1-2-16-11-7-4-3-6-10(11)14(19)18-13-9-5-8-12(15)17-13/h3-9,16H,2H2,1H3,(H,17,18,19). The molecule has 0 fully saturated rings. The van der Waals surface area contributed by atoms with Crippen molar-refractivity contribution in [1.82, 2.24) is 4.98 Å². The van der Waals surface area contributed by atoms with Crippen LogP contribution < -0.4 is 10.6 Å². The molecule has 0 aliphatic heterocycles. The molecule has 2 N–H and O–H groups in total. The van der Waals surface area contributed by atoms with Crippen LogP contribution in [0, 0.1) is 5.95 Å². The van der Waals surface area contributed by atoms with Crippen LogP contribution in [0.3, 0.4) is 0 Å². The fourth-order valence-electron chi connectivity index (χ4n) is 1.69. The van der Waals surface area contributed by atoms with E-state index in [4.69, 9.17) is 0 Å². The first-order valence-electron chi connectivity index (χ1n) is 5.97. The van der Waals surface area contributed by atoms with Crippen LogP contribution in [-0.4, -0.2) is 17.4 Å². The zero-order valence-electron chi connectivity index (χ0n) is 10.5. The number of halogens is 1. The average Bonchev–Trinajstić information content (AvgIpc) is 2.39. The summed E-state index contributed by atoms with van der Waals surface area (Å²) in [5, 5.41) is 5.67. The highest BCUT2D eigenvalue weighted by Gasteiger charge is 2.11. The number of hydrogen-bond acceptors (Lipinski definition) is 3. The van der Waals surface area contributed by atoms with Crippen molar-refractivity contribution in [3.05, 3.63) is 54.0 Å². The molecule has 1 amide bonds. The van der Waals surface area contributed by atoms with E-state index in [0.717, 1.165) is 5.69 Å². The normalized spacial score (nSPS) is 10.0. The summed E-state index contributed by atoms with van der Waals surface area (Å²) in [7, 11) is 0. The molecule has 0 aliphatic carbocycles. The maximum Gasteiger partial charge on any atom is 0.258 e. The van der Waals surface area contributed by atoms with Gasteiger partial charge in [0.05, 0.1) is 5.56 Å². The lowest BCUT2D eigenvalue weighted by atomic mass is 10.1. The molecule has 0 atom stereocenters. The number of anilines is 2. The number of nitrogens with one attached hydrogen (secondary N) is 2. The van der Waals surface area contributed by atoms with Crippen molar-refractivity contribution in [1.29, 1.82) is 0 Å². The second-order valence-corrected chi connectivity index (χ2v) is 3.88. The van der Waals surface area contributed by atoms with Crippen LogP contribution in [0.1, 0.15) is 17.3 Å². The highest BCUT2D eigenvalue weighted by molar-refractivity contribution is 6.07. The molecule has 4 nitrogen and oxygen atoms in total. The largest absolute Gasteiger partial charge is 0.385 e. The lowest BCUT2D eigenvalue weighted by molar-refractivity contribution is 0.102. The average molecular weight is 259 g/mol. The maximum absolute atomic E-state index is 12.9. The molecule has 1 aromatic carbocycles. The van der Waals surface area contributed by atoms with E-state index >= 15 is 0 Å². The Kier molecular flexibility index (Phi) is 4.07. The van der Waals surface area contributed by atoms with Gasteiger partial charge in [-0.15, -0.1) is 0 Å². The second kappa shape index (κ2) is 5.95. The van der Waals surface area contributed by atoms with Gasteiger partial charge in [0, 0.05) is 12.2 Å². The van der Waals surface area contributed by atoms with E-state index in [9.17, 15) is 9.18 Å². The van der Waals surface area contributed by atoms with Crippen molar-refractivity contribution in [2.75, 3.05) is 17.2 Å². The molecule has 0 unspecified atom stereocenters. The minimum atomic E-state index is -0.627. The van der Waals surface area contributed by atoms with Crippen LogP contribution in [0.15, 0.2) is 42.5 Å². The summed E-state index contributed by atoms with van der Waals surface area (Å²) in [5.41, 5.74) is 1.23. The number of para-hydroxylation sites is 1. The number of amides is 1. The van der Waals surface area contributed by atoms with Crippen LogP contribution in [0.2, 0.25) is 0 Å². The van der Waals surface area contributed by atoms with Crippen molar-refractivity contribution in [2.45, 2.75) is 6.92 Å². The molecule has 2 rings (SSSR count). The van der Waals surface area contributed by atoms with Gasteiger partial charge in [0.25, 0.3) is 5.91 Å². The van der Waals surface area contributed by atoms with Crippen molar-refractivity contribution in [3.8, 4) is 0 Å².